The molecule has 0 spiro atoms. The van der Waals surface area contributed by atoms with Gasteiger partial charge in [0.15, 0.2) is 11.6 Å². The molecule has 1 N–H and O–H groups in total. The van der Waals surface area contributed by atoms with Crippen LogP contribution in [0.2, 0.25) is 0 Å². The first-order valence-corrected chi connectivity index (χ1v) is 7.27. The smallest absolute Gasteiger partial charge is 0.480 e. The lowest BCUT2D eigenvalue weighted by atomic mass is 10.1. The summed E-state index contributed by atoms with van der Waals surface area (Å²) in [6, 6.07) is 0.862. The molecule has 1 aliphatic heterocycles. The average Bonchev–Trinajstić information content (AvgIpc) is 2.26. The van der Waals surface area contributed by atoms with Crippen LogP contribution in [-0.2, 0) is 14.8 Å². The van der Waals surface area contributed by atoms with Crippen molar-refractivity contribution in [1.29, 1.82) is 0 Å². The van der Waals surface area contributed by atoms with Gasteiger partial charge in [-0.3, -0.25) is 4.79 Å². The highest BCUT2D eigenvalue weighted by Crippen LogP contribution is 2.33. The number of carboxylic acid groups (broad SMARTS) is 1. The van der Waals surface area contributed by atoms with Crippen molar-refractivity contribution < 1.29 is 40.6 Å². The van der Waals surface area contributed by atoms with Gasteiger partial charge in [0, 0.05) is 6.54 Å². The predicted octanol–water partition coefficient (Wildman–Crippen LogP) is 1.57. The molecule has 1 unspecified atom stereocenters. The maximum atomic E-state index is 14.0. The van der Waals surface area contributed by atoms with E-state index >= 15 is 0 Å². The minimum Gasteiger partial charge on any atom is -0.480 e. The van der Waals surface area contributed by atoms with Gasteiger partial charge in [0.2, 0.25) is 10.0 Å². The minimum atomic E-state index is -5.19. The van der Waals surface area contributed by atoms with Gasteiger partial charge >= 0.3 is 12.3 Å². The molecular weight excluding hydrogens is 334 g/mol. The number of carbonyl (C=O) groups is 1. The van der Waals surface area contributed by atoms with E-state index in [2.05, 4.69) is 4.74 Å². The maximum Gasteiger partial charge on any atom is 0.573 e. The van der Waals surface area contributed by atoms with Gasteiger partial charge in [-0.05, 0) is 18.6 Å². The Hall–Kier alpha value is -1.88. The largest absolute Gasteiger partial charge is 0.573 e. The van der Waals surface area contributed by atoms with E-state index in [1.54, 1.807) is 0 Å². The minimum absolute atomic E-state index is 0.0366. The number of aliphatic carboxylic acids is 1. The molecule has 1 aromatic carbocycles. The summed E-state index contributed by atoms with van der Waals surface area (Å²) in [6.45, 7) is -0.164. The van der Waals surface area contributed by atoms with Crippen LogP contribution in [0.4, 0.5) is 17.6 Å². The van der Waals surface area contributed by atoms with Crippen LogP contribution in [0.1, 0.15) is 6.42 Å². The third kappa shape index (κ3) is 2.99. The standard InChI is InChI=1S/C11H9F4NO5S/c12-9-7(21-11(13,14)15)2-1-3-8(9)22(19,20)16-5-4-6(16)10(17)18/h1-3,6H,4-5H2,(H,17,18). The second-order valence-electron chi connectivity index (χ2n) is 4.37. The van der Waals surface area contributed by atoms with Crippen LogP contribution in [-0.4, -0.2) is 42.7 Å². The van der Waals surface area contributed by atoms with Crippen LogP contribution < -0.4 is 4.74 Å². The van der Waals surface area contributed by atoms with Gasteiger partial charge < -0.3 is 9.84 Å². The summed E-state index contributed by atoms with van der Waals surface area (Å²) < 4.78 is 78.6. The Morgan fingerprint density at radius 2 is 2.00 bits per heavy atom. The van der Waals surface area contributed by atoms with Gasteiger partial charge in [0.1, 0.15) is 10.9 Å². The Bertz CT molecular complexity index is 703. The first-order valence-electron chi connectivity index (χ1n) is 5.83. The topological polar surface area (TPSA) is 83.9 Å². The number of rotatable bonds is 4. The van der Waals surface area contributed by atoms with E-state index in [1.807, 2.05) is 0 Å². The Morgan fingerprint density at radius 1 is 1.36 bits per heavy atom. The summed E-state index contributed by atoms with van der Waals surface area (Å²) in [6.07, 6.45) is -5.15. The van der Waals surface area contributed by atoms with Crippen molar-refractivity contribution >= 4 is 16.0 Å². The molecule has 1 fully saturated rings. The molecule has 1 saturated heterocycles. The number of benzene rings is 1. The third-order valence-corrected chi connectivity index (χ3v) is 4.92. The van der Waals surface area contributed by atoms with Crippen molar-refractivity contribution in [2.45, 2.75) is 23.7 Å². The Balaban J connectivity index is 2.40. The lowest BCUT2D eigenvalue weighted by Gasteiger charge is -2.36. The summed E-state index contributed by atoms with van der Waals surface area (Å²) in [5.74, 6) is -4.45. The van der Waals surface area contributed by atoms with Crippen molar-refractivity contribution in [3.8, 4) is 5.75 Å². The zero-order chi connectivity index (χ0) is 16.7. The molecule has 0 saturated carbocycles. The third-order valence-electron chi connectivity index (χ3n) is 3.00. The highest BCUT2D eigenvalue weighted by molar-refractivity contribution is 7.89. The molecule has 0 bridgehead atoms. The fraction of sp³-hybridized carbons (Fsp3) is 0.364. The highest BCUT2D eigenvalue weighted by atomic mass is 32.2. The number of carboxylic acids is 1. The second-order valence-corrected chi connectivity index (χ2v) is 6.23. The molecule has 1 heterocycles. The van der Waals surface area contributed by atoms with Crippen LogP contribution in [0.15, 0.2) is 23.1 Å². The van der Waals surface area contributed by atoms with Gasteiger partial charge in [0.05, 0.1) is 0 Å². The normalized spacial score (nSPS) is 19.5. The first kappa shape index (κ1) is 16.5. The zero-order valence-corrected chi connectivity index (χ0v) is 11.5. The number of halogens is 4. The number of alkyl halides is 3. The van der Waals surface area contributed by atoms with Crippen LogP contribution in [0.25, 0.3) is 0 Å². The lowest BCUT2D eigenvalue weighted by Crippen LogP contribution is -2.55. The molecule has 6 nitrogen and oxygen atoms in total. The van der Waals surface area contributed by atoms with Crippen molar-refractivity contribution in [2.24, 2.45) is 0 Å². The van der Waals surface area contributed by atoms with Gasteiger partial charge in [-0.25, -0.2) is 12.8 Å². The van der Waals surface area contributed by atoms with E-state index in [9.17, 15) is 30.8 Å². The van der Waals surface area contributed by atoms with Crippen molar-refractivity contribution in [3.05, 3.63) is 24.0 Å². The van der Waals surface area contributed by atoms with Gasteiger partial charge in [0.25, 0.3) is 0 Å². The molecule has 0 amide bonds. The van der Waals surface area contributed by atoms with E-state index in [1.165, 1.54) is 0 Å². The van der Waals surface area contributed by atoms with E-state index < -0.39 is 44.9 Å². The molecule has 1 atom stereocenters. The summed E-state index contributed by atoms with van der Waals surface area (Å²) in [4.78, 5) is 9.77. The van der Waals surface area contributed by atoms with E-state index in [0.717, 1.165) is 12.1 Å². The van der Waals surface area contributed by atoms with Crippen molar-refractivity contribution in [3.63, 3.8) is 0 Å². The lowest BCUT2D eigenvalue weighted by molar-refractivity contribution is -0.275. The van der Waals surface area contributed by atoms with Crippen LogP contribution in [0.5, 0.6) is 5.75 Å². The molecule has 0 aromatic heterocycles. The van der Waals surface area contributed by atoms with E-state index in [-0.39, 0.29) is 13.0 Å². The van der Waals surface area contributed by atoms with Gasteiger partial charge in [-0.15, -0.1) is 13.2 Å². The molecule has 1 aliphatic rings. The maximum absolute atomic E-state index is 14.0. The molecule has 1 aromatic rings. The van der Waals surface area contributed by atoms with Crippen molar-refractivity contribution in [2.75, 3.05) is 6.54 Å². The number of sulfonamides is 1. The fourth-order valence-corrected chi connectivity index (χ4v) is 3.62. The highest BCUT2D eigenvalue weighted by Gasteiger charge is 2.44. The summed E-state index contributed by atoms with van der Waals surface area (Å²) >= 11 is 0. The summed E-state index contributed by atoms with van der Waals surface area (Å²) in [5.41, 5.74) is 0. The SMILES string of the molecule is O=C(O)C1CCN1S(=O)(=O)c1cccc(OC(F)(F)F)c1F. The van der Waals surface area contributed by atoms with E-state index in [4.69, 9.17) is 5.11 Å². The molecule has 11 heteroatoms. The number of nitrogens with zero attached hydrogens (tertiary/aromatic N) is 1. The molecular formula is C11H9F4NO5S. The molecule has 0 radical (unpaired) electrons. The number of hydrogen-bond donors (Lipinski definition) is 1. The quantitative estimate of drug-likeness (QED) is 0.839. The zero-order valence-electron chi connectivity index (χ0n) is 10.7. The number of hydrogen-bond acceptors (Lipinski definition) is 4. The Labute approximate surface area is 122 Å². The fourth-order valence-electron chi connectivity index (χ4n) is 1.92. The molecule has 2 rings (SSSR count). The van der Waals surface area contributed by atoms with Crippen molar-refractivity contribution in [1.82, 2.24) is 4.31 Å². The van der Waals surface area contributed by atoms with Crippen LogP contribution in [0, 0.1) is 5.82 Å². The molecule has 0 aliphatic carbocycles. The van der Waals surface area contributed by atoms with Gasteiger partial charge in [-0.1, -0.05) is 6.07 Å². The number of ether oxygens (including phenoxy) is 1. The van der Waals surface area contributed by atoms with E-state index in [0.29, 0.717) is 10.4 Å². The Morgan fingerprint density at radius 3 is 2.45 bits per heavy atom. The van der Waals surface area contributed by atoms with Gasteiger partial charge in [-0.2, -0.15) is 4.31 Å². The average molecular weight is 343 g/mol. The molecule has 122 valence electrons. The van der Waals surface area contributed by atoms with Crippen LogP contribution >= 0.6 is 0 Å². The first-order chi connectivity index (χ1) is 10.0. The van der Waals surface area contributed by atoms with Crippen LogP contribution in [0.3, 0.4) is 0 Å². The summed E-state index contributed by atoms with van der Waals surface area (Å²) in [5, 5.41) is 8.82. The predicted molar refractivity (Wildman–Crippen MR) is 63.0 cm³/mol. The monoisotopic (exact) mass is 343 g/mol. The summed E-state index contributed by atoms with van der Waals surface area (Å²) in [7, 11) is -4.58. The molecule has 22 heavy (non-hydrogen) atoms. The Kier molecular flexibility index (Phi) is 4.04. The second kappa shape index (κ2) is 5.39.